The van der Waals surface area contributed by atoms with Gasteiger partial charge in [-0.2, -0.15) is 0 Å². The van der Waals surface area contributed by atoms with Gasteiger partial charge in [0.15, 0.2) is 0 Å². The molecule has 1 atom stereocenters. The fourth-order valence-corrected chi connectivity index (χ4v) is 2.21. The topological polar surface area (TPSA) is 47.3 Å². The molecule has 1 unspecified atom stereocenters. The van der Waals surface area contributed by atoms with E-state index in [2.05, 4.69) is 26.1 Å². The van der Waals surface area contributed by atoms with Gasteiger partial charge in [-0.05, 0) is 32.6 Å². The Balaban J connectivity index is 2.45. The third-order valence-electron chi connectivity index (χ3n) is 3.88. The lowest BCUT2D eigenvalue weighted by atomic mass is 9.91. The standard InChI is InChI=1S/C12H26N2O/c1-4-12(5-2,9-13)14-10-11(3)7-6-8-15-11/h14H,4-10,13H2,1-3H3. The van der Waals surface area contributed by atoms with Crippen LogP contribution in [0.15, 0.2) is 0 Å². The number of nitrogens with two attached hydrogens (primary N) is 1. The van der Waals surface area contributed by atoms with E-state index < -0.39 is 0 Å². The first-order chi connectivity index (χ1) is 7.10. The average molecular weight is 214 g/mol. The Hall–Kier alpha value is -0.120. The molecule has 0 bridgehead atoms. The van der Waals surface area contributed by atoms with E-state index >= 15 is 0 Å². The molecule has 0 aromatic carbocycles. The highest BCUT2D eigenvalue weighted by atomic mass is 16.5. The van der Waals surface area contributed by atoms with Gasteiger partial charge in [0.25, 0.3) is 0 Å². The zero-order chi connectivity index (χ0) is 11.4. The van der Waals surface area contributed by atoms with Gasteiger partial charge in [0.05, 0.1) is 5.60 Å². The van der Waals surface area contributed by atoms with Crippen LogP contribution in [0.4, 0.5) is 0 Å². The maximum absolute atomic E-state index is 5.85. The molecule has 0 saturated carbocycles. The largest absolute Gasteiger partial charge is 0.374 e. The van der Waals surface area contributed by atoms with Gasteiger partial charge in [-0.1, -0.05) is 13.8 Å². The predicted octanol–water partition coefficient (Wildman–Crippen LogP) is 1.66. The third kappa shape index (κ3) is 3.16. The highest BCUT2D eigenvalue weighted by molar-refractivity contribution is 4.91. The lowest BCUT2D eigenvalue weighted by Crippen LogP contribution is -2.54. The van der Waals surface area contributed by atoms with Crippen LogP contribution in [0, 0.1) is 0 Å². The molecule has 1 aliphatic rings. The van der Waals surface area contributed by atoms with Crippen molar-refractivity contribution in [2.75, 3.05) is 19.7 Å². The number of ether oxygens (including phenoxy) is 1. The van der Waals surface area contributed by atoms with E-state index in [1.807, 2.05) is 0 Å². The molecule has 3 N–H and O–H groups in total. The summed E-state index contributed by atoms with van der Waals surface area (Å²) < 4.78 is 5.77. The summed E-state index contributed by atoms with van der Waals surface area (Å²) in [6.45, 7) is 9.12. The zero-order valence-electron chi connectivity index (χ0n) is 10.4. The maximum atomic E-state index is 5.85. The van der Waals surface area contributed by atoms with Crippen molar-refractivity contribution in [2.45, 2.75) is 57.6 Å². The van der Waals surface area contributed by atoms with Gasteiger partial charge in [0.1, 0.15) is 0 Å². The first-order valence-electron chi connectivity index (χ1n) is 6.19. The van der Waals surface area contributed by atoms with Crippen LogP contribution < -0.4 is 11.1 Å². The molecule has 1 aliphatic heterocycles. The lowest BCUT2D eigenvalue weighted by Gasteiger charge is -2.35. The van der Waals surface area contributed by atoms with E-state index in [1.165, 1.54) is 6.42 Å². The minimum atomic E-state index is 0.0325. The van der Waals surface area contributed by atoms with E-state index in [9.17, 15) is 0 Å². The Labute approximate surface area is 93.8 Å². The summed E-state index contributed by atoms with van der Waals surface area (Å²) in [6, 6.07) is 0. The van der Waals surface area contributed by atoms with Crippen LogP contribution in [0.1, 0.15) is 46.5 Å². The number of rotatable bonds is 6. The van der Waals surface area contributed by atoms with E-state index in [-0.39, 0.29) is 11.1 Å². The third-order valence-corrected chi connectivity index (χ3v) is 3.88. The molecule has 3 heteroatoms. The molecular weight excluding hydrogens is 188 g/mol. The summed E-state index contributed by atoms with van der Waals surface area (Å²) in [5.41, 5.74) is 5.99. The first-order valence-corrected chi connectivity index (χ1v) is 6.19. The van der Waals surface area contributed by atoms with Crippen molar-refractivity contribution in [2.24, 2.45) is 5.73 Å². The average Bonchev–Trinajstić information content (AvgIpc) is 2.69. The van der Waals surface area contributed by atoms with Crippen LogP contribution in [0.25, 0.3) is 0 Å². The molecule has 0 spiro atoms. The molecule has 0 aliphatic carbocycles. The highest BCUT2D eigenvalue weighted by Crippen LogP contribution is 2.25. The van der Waals surface area contributed by atoms with Crippen molar-refractivity contribution in [3.8, 4) is 0 Å². The summed E-state index contributed by atoms with van der Waals surface area (Å²) in [5.74, 6) is 0. The summed E-state index contributed by atoms with van der Waals surface area (Å²) in [6.07, 6.45) is 4.51. The molecular formula is C12H26N2O. The molecule has 1 saturated heterocycles. The van der Waals surface area contributed by atoms with Crippen molar-refractivity contribution in [1.82, 2.24) is 5.32 Å². The van der Waals surface area contributed by atoms with Gasteiger partial charge < -0.3 is 15.8 Å². The molecule has 1 rings (SSSR count). The minimum absolute atomic E-state index is 0.0325. The molecule has 1 fully saturated rings. The number of nitrogens with one attached hydrogen (secondary N) is 1. The Kier molecular flexibility index (Phi) is 4.56. The van der Waals surface area contributed by atoms with E-state index in [0.717, 1.165) is 32.4 Å². The fourth-order valence-electron chi connectivity index (χ4n) is 2.21. The van der Waals surface area contributed by atoms with E-state index in [4.69, 9.17) is 10.5 Å². The van der Waals surface area contributed by atoms with Crippen molar-refractivity contribution in [3.63, 3.8) is 0 Å². The van der Waals surface area contributed by atoms with Crippen molar-refractivity contribution < 1.29 is 4.74 Å². The van der Waals surface area contributed by atoms with Gasteiger partial charge in [-0.3, -0.25) is 0 Å². The van der Waals surface area contributed by atoms with E-state index in [1.54, 1.807) is 0 Å². The quantitative estimate of drug-likeness (QED) is 0.707. The molecule has 1 heterocycles. The maximum Gasteiger partial charge on any atom is 0.0779 e. The minimum Gasteiger partial charge on any atom is -0.374 e. The second kappa shape index (κ2) is 5.28. The van der Waals surface area contributed by atoms with Crippen molar-refractivity contribution >= 4 is 0 Å². The highest BCUT2D eigenvalue weighted by Gasteiger charge is 2.33. The van der Waals surface area contributed by atoms with Gasteiger partial charge in [-0.25, -0.2) is 0 Å². The summed E-state index contributed by atoms with van der Waals surface area (Å²) in [4.78, 5) is 0. The Morgan fingerprint density at radius 2 is 2.07 bits per heavy atom. The van der Waals surface area contributed by atoms with Crippen LogP contribution in [0.5, 0.6) is 0 Å². The van der Waals surface area contributed by atoms with Gasteiger partial charge >= 0.3 is 0 Å². The monoisotopic (exact) mass is 214 g/mol. The van der Waals surface area contributed by atoms with Crippen LogP contribution in [0.2, 0.25) is 0 Å². The molecule has 90 valence electrons. The van der Waals surface area contributed by atoms with Crippen molar-refractivity contribution in [1.29, 1.82) is 0 Å². The summed E-state index contributed by atoms with van der Waals surface area (Å²) >= 11 is 0. The Morgan fingerprint density at radius 3 is 2.47 bits per heavy atom. The molecule has 0 aromatic heterocycles. The lowest BCUT2D eigenvalue weighted by molar-refractivity contribution is 0.0138. The normalized spacial score (nSPS) is 27.2. The predicted molar refractivity (Wildman–Crippen MR) is 64.0 cm³/mol. The summed E-state index contributed by atoms with van der Waals surface area (Å²) in [7, 11) is 0. The first kappa shape index (κ1) is 12.9. The smallest absolute Gasteiger partial charge is 0.0779 e. The van der Waals surface area contributed by atoms with Crippen molar-refractivity contribution in [3.05, 3.63) is 0 Å². The molecule has 15 heavy (non-hydrogen) atoms. The van der Waals surface area contributed by atoms with Gasteiger partial charge in [-0.15, -0.1) is 0 Å². The van der Waals surface area contributed by atoms with Crippen LogP contribution in [-0.4, -0.2) is 30.8 Å². The van der Waals surface area contributed by atoms with Gasteiger partial charge in [0, 0.05) is 25.2 Å². The Morgan fingerprint density at radius 1 is 1.40 bits per heavy atom. The van der Waals surface area contributed by atoms with Crippen LogP contribution in [0.3, 0.4) is 0 Å². The van der Waals surface area contributed by atoms with E-state index in [0.29, 0.717) is 6.54 Å². The van der Waals surface area contributed by atoms with Gasteiger partial charge in [0.2, 0.25) is 0 Å². The Bertz CT molecular complexity index is 176. The molecule has 0 amide bonds. The van der Waals surface area contributed by atoms with Crippen LogP contribution in [-0.2, 0) is 4.74 Å². The number of hydrogen-bond acceptors (Lipinski definition) is 3. The zero-order valence-corrected chi connectivity index (χ0v) is 10.4. The van der Waals surface area contributed by atoms with Crippen LogP contribution >= 0.6 is 0 Å². The summed E-state index contributed by atoms with van der Waals surface area (Å²) in [5, 5.41) is 3.61. The number of hydrogen-bond donors (Lipinski definition) is 2. The molecule has 3 nitrogen and oxygen atoms in total. The fraction of sp³-hybridized carbons (Fsp3) is 1.00. The molecule has 0 radical (unpaired) electrons. The second-order valence-corrected chi connectivity index (χ2v) is 4.95. The SMILES string of the molecule is CCC(CC)(CN)NCC1(C)CCCO1. The second-order valence-electron chi connectivity index (χ2n) is 4.95. The molecule has 0 aromatic rings.